The van der Waals surface area contributed by atoms with Crippen LogP contribution in [0.25, 0.3) is 0 Å². The Kier molecular flexibility index (Phi) is 1.77. The number of aliphatic hydroxyl groups excluding tert-OH is 1. The van der Waals surface area contributed by atoms with Crippen molar-refractivity contribution in [1.29, 1.82) is 0 Å². The number of carbonyl (C=O) groups excluding carboxylic acids is 1. The lowest BCUT2D eigenvalue weighted by molar-refractivity contribution is 0.0996. The topological polar surface area (TPSA) is 118 Å². The van der Waals surface area contributed by atoms with Crippen LogP contribution < -0.4 is 11.5 Å². The number of hydrogen-bond donors (Lipinski definition) is 4. The third-order valence-electron chi connectivity index (χ3n) is 1.27. The molecule has 1 rings (SSSR count). The summed E-state index contributed by atoms with van der Waals surface area (Å²) in [5.41, 5.74) is 10.6. The van der Waals surface area contributed by atoms with Gasteiger partial charge in [-0.15, -0.1) is 0 Å². The molecule has 0 aliphatic rings. The predicted octanol–water partition coefficient (Wildman–Crippen LogP) is -1.42. The highest BCUT2D eigenvalue weighted by Crippen LogP contribution is 2.12. The van der Waals surface area contributed by atoms with Gasteiger partial charge in [-0.1, -0.05) is 0 Å². The second kappa shape index (κ2) is 2.59. The Morgan fingerprint density at radius 2 is 2.36 bits per heavy atom. The Morgan fingerprint density at radius 3 is 2.64 bits per heavy atom. The first-order chi connectivity index (χ1) is 5.16. The van der Waals surface area contributed by atoms with E-state index in [-0.39, 0.29) is 18.0 Å². The number of H-pyrrole nitrogens is 1. The number of anilines is 1. The van der Waals surface area contributed by atoms with Crippen LogP contribution in [0.4, 0.5) is 5.69 Å². The van der Waals surface area contributed by atoms with Gasteiger partial charge in [0.1, 0.15) is 0 Å². The number of primary amides is 1. The molecular formula is C5H8N4O2. The molecule has 6 nitrogen and oxygen atoms in total. The molecule has 0 saturated heterocycles. The van der Waals surface area contributed by atoms with Gasteiger partial charge in [-0.05, 0) is 0 Å². The van der Waals surface area contributed by atoms with Gasteiger partial charge in [0.2, 0.25) is 0 Å². The van der Waals surface area contributed by atoms with Gasteiger partial charge in [-0.3, -0.25) is 9.89 Å². The number of amides is 1. The van der Waals surface area contributed by atoms with Gasteiger partial charge < -0.3 is 16.6 Å². The average Bonchev–Trinajstić information content (AvgIpc) is 2.30. The number of rotatable bonds is 2. The van der Waals surface area contributed by atoms with Crippen molar-refractivity contribution in [3.8, 4) is 0 Å². The van der Waals surface area contributed by atoms with E-state index in [1.54, 1.807) is 0 Å². The summed E-state index contributed by atoms with van der Waals surface area (Å²) in [6, 6.07) is 0. The number of aromatic amines is 1. The molecule has 0 unspecified atom stereocenters. The minimum Gasteiger partial charge on any atom is -0.395 e. The summed E-state index contributed by atoms with van der Waals surface area (Å²) in [5, 5.41) is 14.5. The fourth-order valence-electron chi connectivity index (χ4n) is 0.695. The van der Waals surface area contributed by atoms with Crippen LogP contribution in [0.1, 0.15) is 16.2 Å². The normalized spacial score (nSPS) is 9.91. The van der Waals surface area contributed by atoms with E-state index in [0.29, 0.717) is 5.69 Å². The Hall–Kier alpha value is -1.56. The number of hydrogen-bond acceptors (Lipinski definition) is 4. The molecule has 6 N–H and O–H groups in total. The molecule has 0 fully saturated rings. The first-order valence-electron chi connectivity index (χ1n) is 2.90. The predicted molar refractivity (Wildman–Crippen MR) is 37.4 cm³/mol. The van der Waals surface area contributed by atoms with E-state index < -0.39 is 5.91 Å². The van der Waals surface area contributed by atoms with Crippen LogP contribution in [0.2, 0.25) is 0 Å². The van der Waals surface area contributed by atoms with Crippen molar-refractivity contribution in [2.45, 2.75) is 6.61 Å². The quantitative estimate of drug-likeness (QED) is 0.420. The molecular weight excluding hydrogens is 148 g/mol. The fraction of sp³-hybridized carbons (Fsp3) is 0.200. The molecule has 1 amide bonds. The van der Waals surface area contributed by atoms with Gasteiger partial charge in [0.05, 0.1) is 18.0 Å². The van der Waals surface area contributed by atoms with Gasteiger partial charge in [0.15, 0.2) is 5.69 Å². The number of aromatic nitrogens is 2. The van der Waals surface area contributed by atoms with Crippen LogP contribution in [0, 0.1) is 0 Å². The molecule has 1 heterocycles. The summed E-state index contributed by atoms with van der Waals surface area (Å²) >= 11 is 0. The summed E-state index contributed by atoms with van der Waals surface area (Å²) in [6.07, 6.45) is 0. The van der Waals surface area contributed by atoms with Gasteiger partial charge >= 0.3 is 0 Å². The van der Waals surface area contributed by atoms with Gasteiger partial charge in [0, 0.05) is 0 Å². The van der Waals surface area contributed by atoms with Crippen LogP contribution in [-0.2, 0) is 6.61 Å². The Morgan fingerprint density at radius 1 is 1.73 bits per heavy atom. The van der Waals surface area contributed by atoms with E-state index in [0.717, 1.165) is 0 Å². The minimum absolute atomic E-state index is 0.0333. The molecule has 0 atom stereocenters. The van der Waals surface area contributed by atoms with E-state index >= 15 is 0 Å². The maximum absolute atomic E-state index is 10.5. The number of nitrogens with zero attached hydrogens (tertiary/aromatic N) is 1. The van der Waals surface area contributed by atoms with E-state index in [4.69, 9.17) is 16.6 Å². The monoisotopic (exact) mass is 156 g/mol. The van der Waals surface area contributed by atoms with Crippen molar-refractivity contribution < 1.29 is 9.90 Å². The number of carbonyl (C=O) groups is 1. The van der Waals surface area contributed by atoms with Gasteiger partial charge in [-0.2, -0.15) is 5.10 Å². The van der Waals surface area contributed by atoms with Gasteiger partial charge in [-0.25, -0.2) is 0 Å². The second-order valence-electron chi connectivity index (χ2n) is 1.99. The number of nitrogen functional groups attached to an aromatic ring is 1. The highest BCUT2D eigenvalue weighted by Gasteiger charge is 2.12. The van der Waals surface area contributed by atoms with Gasteiger partial charge in [0.25, 0.3) is 5.91 Å². The maximum atomic E-state index is 10.5. The summed E-state index contributed by atoms with van der Waals surface area (Å²) < 4.78 is 0. The third-order valence-corrected chi connectivity index (χ3v) is 1.27. The molecule has 0 saturated carbocycles. The van der Waals surface area contributed by atoms with Crippen LogP contribution in [0.5, 0.6) is 0 Å². The summed E-state index contributed by atoms with van der Waals surface area (Å²) in [6.45, 7) is -0.286. The zero-order valence-electron chi connectivity index (χ0n) is 5.66. The first-order valence-corrected chi connectivity index (χ1v) is 2.90. The Labute approximate surface area is 62.2 Å². The molecule has 1 aromatic rings. The molecule has 0 radical (unpaired) electrons. The molecule has 0 spiro atoms. The van der Waals surface area contributed by atoms with E-state index in [9.17, 15) is 4.79 Å². The average molecular weight is 156 g/mol. The van der Waals surface area contributed by atoms with Crippen molar-refractivity contribution in [1.82, 2.24) is 10.2 Å². The molecule has 11 heavy (non-hydrogen) atoms. The van der Waals surface area contributed by atoms with Crippen LogP contribution >= 0.6 is 0 Å². The number of nitrogens with two attached hydrogens (primary N) is 2. The largest absolute Gasteiger partial charge is 0.395 e. The van der Waals surface area contributed by atoms with E-state index in [1.165, 1.54) is 0 Å². The molecule has 60 valence electrons. The molecule has 0 bridgehead atoms. The third kappa shape index (κ3) is 1.15. The summed E-state index contributed by atoms with van der Waals surface area (Å²) in [5.74, 6) is -0.710. The maximum Gasteiger partial charge on any atom is 0.271 e. The first kappa shape index (κ1) is 7.55. The fourth-order valence-corrected chi connectivity index (χ4v) is 0.695. The second-order valence-corrected chi connectivity index (χ2v) is 1.99. The molecule has 1 aromatic heterocycles. The van der Waals surface area contributed by atoms with Crippen LogP contribution in [-0.4, -0.2) is 21.2 Å². The van der Waals surface area contributed by atoms with Crippen LogP contribution in [0.15, 0.2) is 0 Å². The zero-order chi connectivity index (χ0) is 8.43. The highest BCUT2D eigenvalue weighted by molar-refractivity contribution is 5.96. The SMILES string of the molecule is NC(=O)c1n[nH]c(CO)c1N. The van der Waals surface area contributed by atoms with E-state index in [1.807, 2.05) is 0 Å². The number of nitrogens with one attached hydrogen (secondary N) is 1. The summed E-state index contributed by atoms with van der Waals surface area (Å²) in [4.78, 5) is 10.5. The highest BCUT2D eigenvalue weighted by atomic mass is 16.3. The molecule has 0 aliphatic heterocycles. The standard InChI is InChI=1S/C5H8N4O2/c6-3-2(1-10)8-9-4(3)5(7)11/h10H,1,6H2,(H2,7,11)(H,8,9). The number of aliphatic hydroxyl groups is 1. The Balaban J connectivity index is 3.10. The van der Waals surface area contributed by atoms with Crippen molar-refractivity contribution in [3.05, 3.63) is 11.4 Å². The molecule has 0 aliphatic carbocycles. The molecule has 6 heteroatoms. The van der Waals surface area contributed by atoms with Crippen molar-refractivity contribution in [2.75, 3.05) is 5.73 Å². The summed E-state index contributed by atoms with van der Waals surface area (Å²) in [7, 11) is 0. The smallest absolute Gasteiger partial charge is 0.271 e. The molecule has 0 aromatic carbocycles. The lowest BCUT2D eigenvalue weighted by Gasteiger charge is -1.91. The minimum atomic E-state index is -0.710. The van der Waals surface area contributed by atoms with Crippen molar-refractivity contribution in [3.63, 3.8) is 0 Å². The van der Waals surface area contributed by atoms with Crippen LogP contribution in [0.3, 0.4) is 0 Å². The lowest BCUT2D eigenvalue weighted by atomic mass is 10.3. The van der Waals surface area contributed by atoms with Crippen molar-refractivity contribution in [2.24, 2.45) is 5.73 Å². The lowest BCUT2D eigenvalue weighted by Crippen LogP contribution is -2.13. The van der Waals surface area contributed by atoms with Crippen molar-refractivity contribution >= 4 is 11.6 Å². The Bertz CT molecular complexity index is 280. The zero-order valence-corrected chi connectivity index (χ0v) is 5.66. The van der Waals surface area contributed by atoms with E-state index in [2.05, 4.69) is 10.2 Å².